The molecular weight excluding hydrogens is 230 g/mol. The summed E-state index contributed by atoms with van der Waals surface area (Å²) in [6.45, 7) is 0. The van der Waals surface area contributed by atoms with Crippen LogP contribution in [0.1, 0.15) is 37.8 Å². The van der Waals surface area contributed by atoms with Gasteiger partial charge in [0.1, 0.15) is 0 Å². The first-order chi connectivity index (χ1) is 8.68. The van der Waals surface area contributed by atoms with Crippen molar-refractivity contribution in [3.05, 3.63) is 21.0 Å². The third-order valence-corrected chi connectivity index (χ3v) is 6.24. The number of nitrogens with zero attached hydrogens (tertiary/aromatic N) is 3. The predicted octanol–water partition coefficient (Wildman–Crippen LogP) is 0.510. The number of hydrogen-bond acceptors (Lipinski definition) is 2. The van der Waals surface area contributed by atoms with Gasteiger partial charge in [-0.25, -0.2) is 23.5 Å². The van der Waals surface area contributed by atoms with Crippen LogP contribution in [0, 0.1) is 23.7 Å². The Hall–Kier alpha value is -1.26. The van der Waals surface area contributed by atoms with E-state index >= 15 is 0 Å². The Morgan fingerprint density at radius 2 is 1.39 bits per heavy atom. The van der Waals surface area contributed by atoms with Crippen molar-refractivity contribution in [1.29, 1.82) is 0 Å². The molecular formula is C13H17N3O2. The Bertz CT molecular complexity index is 613. The highest BCUT2D eigenvalue weighted by atomic mass is 16.2. The minimum absolute atomic E-state index is 0.103. The first kappa shape index (κ1) is 9.64. The van der Waals surface area contributed by atoms with Gasteiger partial charge in [-0.3, -0.25) is 0 Å². The van der Waals surface area contributed by atoms with Gasteiger partial charge in [0, 0.05) is 7.05 Å². The molecule has 96 valence electrons. The Morgan fingerprint density at radius 1 is 0.889 bits per heavy atom. The molecule has 0 amide bonds. The summed E-state index contributed by atoms with van der Waals surface area (Å²) < 4.78 is 4.85. The van der Waals surface area contributed by atoms with E-state index in [0.717, 1.165) is 18.3 Å². The first-order valence-corrected chi connectivity index (χ1v) is 7.08. The maximum Gasteiger partial charge on any atom is 0.347 e. The standard InChI is InChI=1S/C13H17N3O2/c1-14-12(17)15-8-5-9(16(15)13(14)18)11-7-3-2-6(4-7)10(8)11/h6-11H,2-5H2,1H3/t6-,7-,8-,9-,10-,11+/m0/s1. The summed E-state index contributed by atoms with van der Waals surface area (Å²) in [6.07, 6.45) is 5.08. The lowest BCUT2D eigenvalue weighted by atomic mass is 9.78. The highest BCUT2D eigenvalue weighted by Crippen LogP contribution is 2.66. The first-order valence-electron chi connectivity index (χ1n) is 7.08. The van der Waals surface area contributed by atoms with Gasteiger partial charge in [-0.1, -0.05) is 0 Å². The topological polar surface area (TPSA) is 48.9 Å². The summed E-state index contributed by atoms with van der Waals surface area (Å²) in [5, 5.41) is 0. The molecule has 3 saturated carbocycles. The maximum absolute atomic E-state index is 12.2. The maximum atomic E-state index is 12.2. The molecule has 0 unspecified atom stereocenters. The van der Waals surface area contributed by atoms with E-state index < -0.39 is 0 Å². The third-order valence-electron chi connectivity index (χ3n) is 6.24. The molecule has 0 spiro atoms. The summed E-state index contributed by atoms with van der Waals surface area (Å²) in [4.78, 5) is 24.3. The van der Waals surface area contributed by atoms with E-state index in [1.54, 1.807) is 16.4 Å². The number of rotatable bonds is 0. The Kier molecular flexibility index (Phi) is 1.43. The van der Waals surface area contributed by atoms with Crippen LogP contribution < -0.4 is 11.4 Å². The van der Waals surface area contributed by atoms with Crippen molar-refractivity contribution in [2.75, 3.05) is 0 Å². The Labute approximate surface area is 104 Å². The molecule has 6 atom stereocenters. The van der Waals surface area contributed by atoms with E-state index in [9.17, 15) is 9.59 Å². The zero-order chi connectivity index (χ0) is 12.2. The van der Waals surface area contributed by atoms with Crippen molar-refractivity contribution in [3.63, 3.8) is 0 Å². The lowest BCUT2D eigenvalue weighted by Crippen LogP contribution is -2.39. The normalized spacial score (nSPS) is 46.7. The second-order valence-corrected chi connectivity index (χ2v) is 6.67. The third kappa shape index (κ3) is 0.780. The fourth-order valence-electron chi connectivity index (χ4n) is 5.79. The molecule has 4 aliphatic rings. The molecule has 5 nitrogen and oxygen atoms in total. The lowest BCUT2D eigenvalue weighted by Gasteiger charge is -2.35. The van der Waals surface area contributed by atoms with E-state index in [2.05, 4.69) is 0 Å². The van der Waals surface area contributed by atoms with E-state index in [1.807, 2.05) is 0 Å². The van der Waals surface area contributed by atoms with Crippen molar-refractivity contribution in [1.82, 2.24) is 13.9 Å². The van der Waals surface area contributed by atoms with Crippen LogP contribution in [0.15, 0.2) is 9.59 Å². The molecule has 18 heavy (non-hydrogen) atoms. The minimum atomic E-state index is -0.103. The van der Waals surface area contributed by atoms with Gasteiger partial charge < -0.3 is 0 Å². The smallest absolute Gasteiger partial charge is 0.246 e. The van der Waals surface area contributed by atoms with Gasteiger partial charge in [-0.05, 0) is 49.4 Å². The molecule has 1 aliphatic heterocycles. The fourth-order valence-corrected chi connectivity index (χ4v) is 5.79. The highest BCUT2D eigenvalue weighted by Gasteiger charge is 2.63. The summed E-state index contributed by atoms with van der Waals surface area (Å²) in [7, 11) is 1.60. The molecule has 0 aromatic carbocycles. The van der Waals surface area contributed by atoms with Crippen molar-refractivity contribution in [3.8, 4) is 0 Å². The fraction of sp³-hybridized carbons (Fsp3) is 0.846. The van der Waals surface area contributed by atoms with E-state index in [-0.39, 0.29) is 11.4 Å². The summed E-state index contributed by atoms with van der Waals surface area (Å²) in [5.74, 6) is 3.03. The zero-order valence-corrected chi connectivity index (χ0v) is 10.5. The van der Waals surface area contributed by atoms with Gasteiger partial charge in [-0.2, -0.15) is 0 Å². The molecule has 2 heterocycles. The molecule has 3 aliphatic carbocycles. The molecule has 3 fully saturated rings. The lowest BCUT2D eigenvalue weighted by molar-refractivity contribution is 0.127. The summed E-state index contributed by atoms with van der Waals surface area (Å²) in [6, 6.07) is 0.633. The van der Waals surface area contributed by atoms with Crippen LogP contribution in [-0.4, -0.2) is 13.9 Å². The van der Waals surface area contributed by atoms with Crippen LogP contribution >= 0.6 is 0 Å². The largest absolute Gasteiger partial charge is 0.347 e. The monoisotopic (exact) mass is 247 g/mol. The van der Waals surface area contributed by atoms with Gasteiger partial charge >= 0.3 is 11.4 Å². The number of aromatic nitrogens is 3. The quantitative estimate of drug-likeness (QED) is 0.627. The second-order valence-electron chi connectivity index (χ2n) is 6.67. The molecule has 0 saturated heterocycles. The Balaban J connectivity index is 1.78. The summed E-state index contributed by atoms with van der Waals surface area (Å²) in [5.41, 5.74) is -0.206. The van der Waals surface area contributed by atoms with Crippen LogP contribution in [-0.2, 0) is 7.05 Å². The molecule has 0 radical (unpaired) electrons. The van der Waals surface area contributed by atoms with Crippen LogP contribution in [0.4, 0.5) is 0 Å². The van der Waals surface area contributed by atoms with Crippen LogP contribution in [0.5, 0.6) is 0 Å². The van der Waals surface area contributed by atoms with Crippen molar-refractivity contribution in [2.24, 2.45) is 30.7 Å². The van der Waals surface area contributed by atoms with Crippen LogP contribution in [0.25, 0.3) is 0 Å². The average Bonchev–Trinajstić information content (AvgIpc) is 3.11. The van der Waals surface area contributed by atoms with Gasteiger partial charge in [0.05, 0.1) is 12.1 Å². The van der Waals surface area contributed by atoms with E-state index in [1.165, 1.54) is 23.8 Å². The molecule has 5 rings (SSSR count). The van der Waals surface area contributed by atoms with E-state index in [4.69, 9.17) is 0 Å². The van der Waals surface area contributed by atoms with Crippen molar-refractivity contribution in [2.45, 2.75) is 37.8 Å². The predicted molar refractivity (Wildman–Crippen MR) is 64.4 cm³/mol. The van der Waals surface area contributed by atoms with Crippen molar-refractivity contribution >= 4 is 0 Å². The molecule has 1 aromatic rings. The summed E-state index contributed by atoms with van der Waals surface area (Å²) >= 11 is 0. The van der Waals surface area contributed by atoms with Gasteiger partial charge in [0.25, 0.3) is 0 Å². The number of hydrogen-bond donors (Lipinski definition) is 0. The van der Waals surface area contributed by atoms with Gasteiger partial charge in [0.15, 0.2) is 0 Å². The molecule has 0 N–H and O–H groups in total. The zero-order valence-electron chi connectivity index (χ0n) is 10.5. The van der Waals surface area contributed by atoms with Crippen molar-refractivity contribution < 1.29 is 0 Å². The minimum Gasteiger partial charge on any atom is -0.246 e. The SMILES string of the molecule is Cn1c(=O)n2n(c1=O)[C@H]1C[C@H]2[C@@H]2[C@H]3CC[C@@H](C3)[C@@H]21. The van der Waals surface area contributed by atoms with E-state index in [0.29, 0.717) is 23.9 Å². The second kappa shape index (κ2) is 2.68. The van der Waals surface area contributed by atoms with Gasteiger partial charge in [0.2, 0.25) is 0 Å². The molecule has 5 heteroatoms. The molecule has 4 bridgehead atoms. The average molecular weight is 247 g/mol. The van der Waals surface area contributed by atoms with Crippen LogP contribution in [0.3, 0.4) is 0 Å². The Morgan fingerprint density at radius 3 is 1.89 bits per heavy atom. The van der Waals surface area contributed by atoms with Crippen LogP contribution in [0.2, 0.25) is 0 Å². The number of fused-ring (bicyclic) bond motifs is 12. The molecule has 1 aromatic heterocycles. The van der Waals surface area contributed by atoms with Gasteiger partial charge in [-0.15, -0.1) is 0 Å². The highest BCUT2D eigenvalue weighted by molar-refractivity contribution is 5.12.